The standard InChI is InChI=1S/C22H36NO2/c1-16-19-11-12-20(22(19,2)3)21(16)25-15-18(24)14-23(4,5)13-17-9-7-6-8-10-17/h6-10,16,18-21,24H,11-15H2,1-5H3/q+1/t16-,18-,19-,20-,21+/m0/s1. The molecule has 2 fully saturated rings. The van der Waals surface area contributed by atoms with Gasteiger partial charge < -0.3 is 14.3 Å². The summed E-state index contributed by atoms with van der Waals surface area (Å²) in [6.07, 6.45) is 2.56. The summed E-state index contributed by atoms with van der Waals surface area (Å²) >= 11 is 0. The van der Waals surface area contributed by atoms with E-state index in [0.29, 0.717) is 36.5 Å². The van der Waals surface area contributed by atoms with Gasteiger partial charge in [-0.05, 0) is 36.0 Å². The third-order valence-corrected chi connectivity index (χ3v) is 6.89. The molecule has 5 atom stereocenters. The molecule has 0 saturated heterocycles. The largest absolute Gasteiger partial charge is 0.385 e. The Bertz CT molecular complexity index is 569. The van der Waals surface area contributed by atoms with Crippen molar-refractivity contribution in [3.8, 4) is 0 Å². The minimum absolute atomic E-state index is 0.327. The molecular weight excluding hydrogens is 310 g/mol. The second-order valence-electron chi connectivity index (χ2n) is 9.68. The van der Waals surface area contributed by atoms with E-state index >= 15 is 0 Å². The summed E-state index contributed by atoms with van der Waals surface area (Å²) < 4.78 is 7.05. The Morgan fingerprint density at radius 2 is 1.80 bits per heavy atom. The monoisotopic (exact) mass is 346 g/mol. The van der Waals surface area contributed by atoms with Gasteiger partial charge in [0.25, 0.3) is 0 Å². The predicted octanol–water partition coefficient (Wildman–Crippen LogP) is 3.71. The lowest BCUT2D eigenvalue weighted by Gasteiger charge is -2.33. The highest BCUT2D eigenvalue weighted by Gasteiger charge is 2.57. The molecule has 3 heteroatoms. The highest BCUT2D eigenvalue weighted by molar-refractivity contribution is 5.13. The second-order valence-corrected chi connectivity index (χ2v) is 9.68. The molecule has 2 aliphatic rings. The van der Waals surface area contributed by atoms with Gasteiger partial charge in [0.2, 0.25) is 0 Å². The van der Waals surface area contributed by atoms with Gasteiger partial charge >= 0.3 is 0 Å². The van der Waals surface area contributed by atoms with E-state index in [4.69, 9.17) is 4.74 Å². The van der Waals surface area contributed by atoms with Gasteiger partial charge in [-0.15, -0.1) is 0 Å². The highest BCUT2D eigenvalue weighted by Crippen LogP contribution is 2.60. The fourth-order valence-corrected chi connectivity index (χ4v) is 5.76. The first-order valence-corrected chi connectivity index (χ1v) is 9.86. The summed E-state index contributed by atoms with van der Waals surface area (Å²) in [6.45, 7) is 9.27. The van der Waals surface area contributed by atoms with Crippen LogP contribution >= 0.6 is 0 Å². The number of nitrogens with zero attached hydrogens (tertiary/aromatic N) is 1. The second kappa shape index (κ2) is 7.02. The van der Waals surface area contributed by atoms with E-state index in [-0.39, 0.29) is 0 Å². The summed E-state index contributed by atoms with van der Waals surface area (Å²) in [5.41, 5.74) is 1.71. The minimum Gasteiger partial charge on any atom is -0.385 e. The highest BCUT2D eigenvalue weighted by atomic mass is 16.5. The third-order valence-electron chi connectivity index (χ3n) is 6.89. The summed E-state index contributed by atoms with van der Waals surface area (Å²) in [7, 11) is 4.36. The van der Waals surface area contributed by atoms with Crippen LogP contribution in [0.4, 0.5) is 0 Å². The van der Waals surface area contributed by atoms with E-state index in [1.807, 2.05) is 6.07 Å². The molecular formula is C22H36NO2+. The van der Waals surface area contributed by atoms with Crippen molar-refractivity contribution in [1.29, 1.82) is 0 Å². The lowest BCUT2D eigenvalue weighted by molar-refractivity contribution is -0.906. The molecule has 25 heavy (non-hydrogen) atoms. The van der Waals surface area contributed by atoms with E-state index in [1.54, 1.807) is 0 Å². The van der Waals surface area contributed by atoms with Crippen LogP contribution in [0.5, 0.6) is 0 Å². The molecule has 1 aromatic carbocycles. The molecule has 2 saturated carbocycles. The first-order chi connectivity index (χ1) is 11.7. The van der Waals surface area contributed by atoms with Gasteiger partial charge in [-0.25, -0.2) is 0 Å². The van der Waals surface area contributed by atoms with Crippen LogP contribution in [0.2, 0.25) is 0 Å². The van der Waals surface area contributed by atoms with E-state index in [0.717, 1.165) is 16.9 Å². The van der Waals surface area contributed by atoms with Crippen molar-refractivity contribution in [2.24, 2.45) is 23.2 Å². The first-order valence-electron chi connectivity index (χ1n) is 9.86. The zero-order valence-corrected chi connectivity index (χ0v) is 16.6. The maximum Gasteiger partial charge on any atom is 0.126 e. The van der Waals surface area contributed by atoms with Crippen LogP contribution in [0.3, 0.4) is 0 Å². The average molecular weight is 347 g/mol. The van der Waals surface area contributed by atoms with Gasteiger partial charge in [0.05, 0.1) is 26.8 Å². The number of hydrogen-bond acceptors (Lipinski definition) is 2. The van der Waals surface area contributed by atoms with Gasteiger partial charge in [0.1, 0.15) is 19.2 Å². The number of likely N-dealkylation sites (N-methyl/N-ethyl adjacent to an activating group) is 1. The summed E-state index contributed by atoms with van der Waals surface area (Å²) in [4.78, 5) is 0. The first kappa shape index (κ1) is 18.9. The topological polar surface area (TPSA) is 29.5 Å². The molecule has 0 aliphatic heterocycles. The van der Waals surface area contributed by atoms with Crippen molar-refractivity contribution in [1.82, 2.24) is 0 Å². The van der Waals surface area contributed by atoms with E-state index in [1.165, 1.54) is 18.4 Å². The molecule has 0 unspecified atom stereocenters. The molecule has 140 valence electrons. The summed E-state index contributed by atoms with van der Waals surface area (Å²) in [5, 5.41) is 10.6. The maximum atomic E-state index is 10.6. The number of benzene rings is 1. The fourth-order valence-electron chi connectivity index (χ4n) is 5.76. The van der Waals surface area contributed by atoms with Crippen molar-refractivity contribution in [3.05, 3.63) is 35.9 Å². The number of aliphatic hydroxyl groups excluding tert-OH is 1. The average Bonchev–Trinajstić information content (AvgIpc) is 2.91. The van der Waals surface area contributed by atoms with Gasteiger partial charge in [-0.2, -0.15) is 0 Å². The van der Waals surface area contributed by atoms with Crippen molar-refractivity contribution in [3.63, 3.8) is 0 Å². The SMILES string of the molecule is C[C@@H]1[C@@H](OC[C@@H](O)C[N+](C)(C)Cc2ccccc2)[C@@H]2CC[C@@H]1C2(C)C. The predicted molar refractivity (Wildman–Crippen MR) is 102 cm³/mol. The number of fused-ring (bicyclic) bond motifs is 2. The van der Waals surface area contributed by atoms with Crippen LogP contribution in [-0.2, 0) is 11.3 Å². The zero-order chi connectivity index (χ0) is 18.2. The van der Waals surface area contributed by atoms with Crippen molar-refractivity contribution in [2.45, 2.75) is 52.4 Å². The molecule has 0 amide bonds. The lowest BCUT2D eigenvalue weighted by atomic mass is 9.80. The van der Waals surface area contributed by atoms with E-state index in [9.17, 15) is 5.11 Å². The molecule has 0 spiro atoms. The molecule has 3 rings (SSSR count). The normalized spacial score (nSPS) is 32.1. The Kier molecular flexibility index (Phi) is 5.30. The molecule has 0 heterocycles. The molecule has 2 aliphatic carbocycles. The van der Waals surface area contributed by atoms with Crippen LogP contribution in [0.1, 0.15) is 39.2 Å². The summed E-state index contributed by atoms with van der Waals surface area (Å²) in [6, 6.07) is 10.5. The van der Waals surface area contributed by atoms with Gasteiger partial charge in [-0.1, -0.05) is 51.1 Å². The van der Waals surface area contributed by atoms with Crippen molar-refractivity contribution < 1.29 is 14.3 Å². The molecule has 1 N–H and O–H groups in total. The van der Waals surface area contributed by atoms with Gasteiger partial charge in [0.15, 0.2) is 0 Å². The Balaban J connectivity index is 1.50. The van der Waals surface area contributed by atoms with Crippen molar-refractivity contribution in [2.75, 3.05) is 27.2 Å². The Morgan fingerprint density at radius 3 is 2.40 bits per heavy atom. The quantitative estimate of drug-likeness (QED) is 0.763. The molecule has 3 nitrogen and oxygen atoms in total. The molecule has 0 radical (unpaired) electrons. The lowest BCUT2D eigenvalue weighted by Crippen LogP contribution is -2.46. The molecule has 2 bridgehead atoms. The smallest absolute Gasteiger partial charge is 0.126 e. The zero-order valence-electron chi connectivity index (χ0n) is 16.6. The number of ether oxygens (including phenoxy) is 1. The van der Waals surface area contributed by atoms with E-state index < -0.39 is 6.10 Å². The van der Waals surface area contributed by atoms with E-state index in [2.05, 4.69) is 59.1 Å². The van der Waals surface area contributed by atoms with Gasteiger partial charge in [0, 0.05) is 5.56 Å². The van der Waals surface area contributed by atoms with Crippen LogP contribution in [0.15, 0.2) is 30.3 Å². The van der Waals surface area contributed by atoms with Crippen LogP contribution in [-0.4, -0.2) is 49.0 Å². The fraction of sp³-hybridized carbons (Fsp3) is 0.727. The Hall–Kier alpha value is -0.900. The summed E-state index contributed by atoms with van der Waals surface area (Å²) in [5.74, 6) is 2.06. The van der Waals surface area contributed by atoms with Crippen LogP contribution in [0, 0.1) is 23.2 Å². The molecule has 1 aromatic rings. The Morgan fingerprint density at radius 1 is 1.16 bits per heavy atom. The Labute approximate surface area is 153 Å². The molecule has 0 aromatic heterocycles. The number of rotatable bonds is 7. The minimum atomic E-state index is -0.409. The third kappa shape index (κ3) is 3.94. The number of quaternary nitrogens is 1. The van der Waals surface area contributed by atoms with Gasteiger partial charge in [-0.3, -0.25) is 0 Å². The number of aliphatic hydroxyl groups is 1. The van der Waals surface area contributed by atoms with Crippen LogP contribution in [0.25, 0.3) is 0 Å². The van der Waals surface area contributed by atoms with Crippen molar-refractivity contribution >= 4 is 0 Å². The maximum absolute atomic E-state index is 10.6. The van der Waals surface area contributed by atoms with Crippen LogP contribution < -0.4 is 0 Å². The number of hydrogen-bond donors (Lipinski definition) is 1.